The van der Waals surface area contributed by atoms with Gasteiger partial charge in [-0.25, -0.2) is 0 Å². The van der Waals surface area contributed by atoms with Crippen LogP contribution < -0.4 is 10.1 Å². The highest BCUT2D eigenvalue weighted by molar-refractivity contribution is 7.08. The summed E-state index contributed by atoms with van der Waals surface area (Å²) in [5, 5.41) is 16.0. The highest BCUT2D eigenvalue weighted by Crippen LogP contribution is 2.23. The molecule has 3 aromatic heterocycles. The molecule has 0 unspecified atom stereocenters. The summed E-state index contributed by atoms with van der Waals surface area (Å²) in [5.74, 6) is 0.583. The summed E-state index contributed by atoms with van der Waals surface area (Å²) in [6.07, 6.45) is 1.92. The second kappa shape index (κ2) is 8.32. The maximum Gasteiger partial charge on any atom is 0.269 e. The Balaban J connectivity index is 1.38. The molecule has 0 atom stereocenters. The molecule has 8 heteroatoms. The first-order valence-electron chi connectivity index (χ1n) is 9.17. The second-order valence-corrected chi connectivity index (χ2v) is 7.28. The molecule has 0 radical (unpaired) electrons. The van der Waals surface area contributed by atoms with Crippen LogP contribution in [0.2, 0.25) is 0 Å². The number of carbonyl (C=O) groups excluding carboxylic acids is 1. The third kappa shape index (κ3) is 4.22. The van der Waals surface area contributed by atoms with Crippen LogP contribution in [0.25, 0.3) is 22.5 Å². The van der Waals surface area contributed by atoms with Crippen LogP contribution in [-0.2, 0) is 13.6 Å². The molecule has 1 N–H and O–H groups in total. The molecular weight excluding hydrogens is 386 g/mol. The Labute approximate surface area is 172 Å². The molecule has 29 heavy (non-hydrogen) atoms. The lowest BCUT2D eigenvalue weighted by Crippen LogP contribution is -2.29. The number of carbonyl (C=O) groups is 1. The number of aromatic nitrogens is 4. The van der Waals surface area contributed by atoms with E-state index in [1.165, 1.54) is 0 Å². The molecule has 0 saturated heterocycles. The Hall–Kier alpha value is -3.39. The molecule has 0 bridgehead atoms. The van der Waals surface area contributed by atoms with Crippen molar-refractivity contribution in [3.05, 3.63) is 65.1 Å². The van der Waals surface area contributed by atoms with Gasteiger partial charge in [-0.15, -0.1) is 0 Å². The van der Waals surface area contributed by atoms with E-state index in [0.717, 1.165) is 28.3 Å². The van der Waals surface area contributed by atoms with Gasteiger partial charge >= 0.3 is 0 Å². The molecule has 7 nitrogen and oxygen atoms in total. The molecule has 0 saturated carbocycles. The lowest BCUT2D eigenvalue weighted by molar-refractivity contribution is 0.0942. The quantitative estimate of drug-likeness (QED) is 0.509. The topological polar surface area (TPSA) is 74.0 Å². The zero-order valence-electron chi connectivity index (χ0n) is 16.2. The van der Waals surface area contributed by atoms with Gasteiger partial charge in [0.05, 0.1) is 25.0 Å². The van der Waals surface area contributed by atoms with Gasteiger partial charge in [0.25, 0.3) is 5.91 Å². The van der Waals surface area contributed by atoms with Gasteiger partial charge in [-0.1, -0.05) is 12.1 Å². The minimum atomic E-state index is -0.167. The number of aryl methyl sites for hydroxylation is 1. The smallest absolute Gasteiger partial charge is 0.269 e. The summed E-state index contributed by atoms with van der Waals surface area (Å²) < 4.78 is 8.68. The molecular formula is C21H21N5O2S. The van der Waals surface area contributed by atoms with E-state index >= 15 is 0 Å². The van der Waals surface area contributed by atoms with Crippen molar-refractivity contribution in [2.75, 3.05) is 13.7 Å². The summed E-state index contributed by atoms with van der Waals surface area (Å²) in [4.78, 5) is 12.6. The summed E-state index contributed by atoms with van der Waals surface area (Å²) in [5.41, 5.74) is 4.17. The average molecular weight is 407 g/mol. The van der Waals surface area contributed by atoms with Crippen LogP contribution in [0.15, 0.2) is 59.4 Å². The minimum absolute atomic E-state index is 0.167. The Morgan fingerprint density at radius 3 is 2.83 bits per heavy atom. The van der Waals surface area contributed by atoms with Gasteiger partial charge in [0.15, 0.2) is 0 Å². The highest BCUT2D eigenvalue weighted by Gasteiger charge is 2.14. The Kier molecular flexibility index (Phi) is 5.44. The number of nitrogens with zero attached hydrogens (tertiary/aromatic N) is 4. The normalized spacial score (nSPS) is 10.8. The first kappa shape index (κ1) is 18.9. The zero-order chi connectivity index (χ0) is 20.2. The average Bonchev–Trinajstić information content (AvgIpc) is 3.48. The molecule has 4 aromatic rings. The molecule has 148 valence electrons. The van der Waals surface area contributed by atoms with Crippen LogP contribution in [0.1, 0.15) is 10.5 Å². The SMILES string of the molecule is COc1cccc(-c2cc(C(=O)NCCn3ccc(-c4ccsc4)n3)n(C)n2)c1. The molecule has 4 rings (SSSR count). The van der Waals surface area contributed by atoms with E-state index in [1.807, 2.05) is 52.7 Å². The monoisotopic (exact) mass is 407 g/mol. The van der Waals surface area contributed by atoms with Gasteiger partial charge in [0.2, 0.25) is 0 Å². The molecule has 0 aliphatic carbocycles. The van der Waals surface area contributed by atoms with Gasteiger partial charge in [-0.2, -0.15) is 21.5 Å². The van der Waals surface area contributed by atoms with E-state index in [-0.39, 0.29) is 5.91 Å². The largest absolute Gasteiger partial charge is 0.497 e. The maximum atomic E-state index is 12.6. The zero-order valence-corrected chi connectivity index (χ0v) is 17.0. The van der Waals surface area contributed by atoms with Crippen molar-refractivity contribution in [2.24, 2.45) is 7.05 Å². The van der Waals surface area contributed by atoms with E-state index in [9.17, 15) is 4.79 Å². The van der Waals surface area contributed by atoms with Gasteiger partial charge in [0, 0.05) is 36.3 Å². The maximum absolute atomic E-state index is 12.6. The summed E-state index contributed by atoms with van der Waals surface area (Å²) >= 11 is 1.65. The van der Waals surface area contributed by atoms with Crippen molar-refractivity contribution in [1.82, 2.24) is 24.9 Å². The van der Waals surface area contributed by atoms with Gasteiger partial charge in [0.1, 0.15) is 11.4 Å². The molecule has 3 heterocycles. The van der Waals surface area contributed by atoms with Crippen molar-refractivity contribution in [1.29, 1.82) is 0 Å². The number of hydrogen-bond acceptors (Lipinski definition) is 5. The van der Waals surface area contributed by atoms with Gasteiger partial charge < -0.3 is 10.1 Å². The third-order valence-corrected chi connectivity index (χ3v) is 5.25. The van der Waals surface area contributed by atoms with Gasteiger partial charge in [-0.3, -0.25) is 14.2 Å². The summed E-state index contributed by atoms with van der Waals surface area (Å²) in [6.45, 7) is 1.07. The van der Waals surface area contributed by atoms with Crippen molar-refractivity contribution < 1.29 is 9.53 Å². The van der Waals surface area contributed by atoms with E-state index < -0.39 is 0 Å². The first-order valence-corrected chi connectivity index (χ1v) is 10.1. The second-order valence-electron chi connectivity index (χ2n) is 6.50. The Bertz CT molecular complexity index is 1110. The van der Waals surface area contributed by atoms with Crippen molar-refractivity contribution in [2.45, 2.75) is 6.54 Å². The number of methoxy groups -OCH3 is 1. The summed E-state index contributed by atoms with van der Waals surface area (Å²) in [6, 6.07) is 13.4. The fraction of sp³-hybridized carbons (Fsp3) is 0.190. The fourth-order valence-corrected chi connectivity index (χ4v) is 3.68. The van der Waals surface area contributed by atoms with E-state index in [0.29, 0.717) is 18.8 Å². The summed E-state index contributed by atoms with van der Waals surface area (Å²) in [7, 11) is 3.39. The van der Waals surface area contributed by atoms with Crippen LogP contribution >= 0.6 is 11.3 Å². The Morgan fingerprint density at radius 1 is 1.14 bits per heavy atom. The molecule has 1 amide bonds. The van der Waals surface area contributed by atoms with E-state index in [2.05, 4.69) is 20.9 Å². The lowest BCUT2D eigenvalue weighted by Gasteiger charge is -2.05. The highest BCUT2D eigenvalue weighted by atomic mass is 32.1. The predicted octanol–water partition coefficient (Wildman–Crippen LogP) is 3.45. The molecule has 0 aliphatic rings. The third-order valence-electron chi connectivity index (χ3n) is 4.56. The van der Waals surface area contributed by atoms with Crippen molar-refractivity contribution in [3.8, 4) is 28.3 Å². The number of rotatable bonds is 7. The number of ether oxygens (including phenoxy) is 1. The molecule has 1 aromatic carbocycles. The fourth-order valence-electron chi connectivity index (χ4n) is 3.03. The molecule has 0 fully saturated rings. The molecule has 0 aliphatic heterocycles. The number of nitrogens with one attached hydrogen (secondary N) is 1. The number of hydrogen-bond donors (Lipinski definition) is 1. The van der Waals surface area contributed by atoms with Gasteiger partial charge in [-0.05, 0) is 35.7 Å². The van der Waals surface area contributed by atoms with Crippen molar-refractivity contribution in [3.63, 3.8) is 0 Å². The van der Waals surface area contributed by atoms with E-state index in [1.54, 1.807) is 36.2 Å². The van der Waals surface area contributed by atoms with Crippen LogP contribution in [-0.4, -0.2) is 39.1 Å². The number of thiophene rings is 1. The van der Waals surface area contributed by atoms with Crippen LogP contribution in [0.3, 0.4) is 0 Å². The Morgan fingerprint density at radius 2 is 2.03 bits per heavy atom. The van der Waals surface area contributed by atoms with Crippen LogP contribution in [0.5, 0.6) is 5.75 Å². The first-order chi connectivity index (χ1) is 14.1. The van der Waals surface area contributed by atoms with Crippen molar-refractivity contribution >= 4 is 17.2 Å². The van der Waals surface area contributed by atoms with E-state index in [4.69, 9.17) is 4.74 Å². The molecule has 0 spiro atoms. The van der Waals surface area contributed by atoms with Crippen LogP contribution in [0.4, 0.5) is 0 Å². The number of amides is 1. The number of benzene rings is 1. The van der Waals surface area contributed by atoms with Crippen LogP contribution in [0, 0.1) is 0 Å². The lowest BCUT2D eigenvalue weighted by atomic mass is 10.1. The minimum Gasteiger partial charge on any atom is -0.497 e. The standard InChI is InChI=1S/C21H21N5O2S/c1-25-20(13-19(23-25)15-4-3-5-17(12-15)28-2)21(27)22-8-10-26-9-6-18(24-26)16-7-11-29-14-16/h3-7,9,11-14H,8,10H2,1-2H3,(H,22,27). The predicted molar refractivity (Wildman–Crippen MR) is 113 cm³/mol.